The Hall–Kier alpha value is -0.570. The molecule has 0 aromatic rings. The van der Waals surface area contributed by atoms with Crippen molar-refractivity contribution in [3.63, 3.8) is 0 Å². The highest BCUT2D eigenvalue weighted by molar-refractivity contribution is 5.92. The van der Waals surface area contributed by atoms with Crippen molar-refractivity contribution in [3.8, 4) is 0 Å². The van der Waals surface area contributed by atoms with E-state index < -0.39 is 0 Å². The molecule has 0 aromatic heterocycles. The minimum atomic E-state index is -0.146. The third-order valence-electron chi connectivity index (χ3n) is 4.44. The van der Waals surface area contributed by atoms with Crippen LogP contribution in [0.25, 0.3) is 0 Å². The van der Waals surface area contributed by atoms with Gasteiger partial charge in [0, 0.05) is 6.04 Å². The Morgan fingerprint density at radius 2 is 2.00 bits per heavy atom. The first kappa shape index (κ1) is 13.9. The molecule has 2 atom stereocenters. The van der Waals surface area contributed by atoms with Crippen LogP contribution in [0.4, 0.5) is 0 Å². The highest BCUT2D eigenvalue weighted by Crippen LogP contribution is 2.43. The minimum Gasteiger partial charge on any atom is -0.323 e. The summed E-state index contributed by atoms with van der Waals surface area (Å²) in [6, 6.07) is 0.383. The molecule has 1 aliphatic carbocycles. The van der Waals surface area contributed by atoms with Crippen LogP contribution < -0.4 is 5.32 Å². The van der Waals surface area contributed by atoms with Crippen LogP contribution >= 0.6 is 0 Å². The van der Waals surface area contributed by atoms with Gasteiger partial charge in [0.25, 0.3) is 0 Å². The van der Waals surface area contributed by atoms with Gasteiger partial charge in [0.1, 0.15) is 0 Å². The standard InChI is InChI=1S/C15H28N2O/c1-5-13-16-15(9-10-15)14(18)17(13)12(4)8-6-7-11(2)3/h11-13,16H,5-10H2,1-4H3. The number of nitrogens with one attached hydrogen (secondary N) is 1. The van der Waals surface area contributed by atoms with E-state index in [1.54, 1.807) is 0 Å². The van der Waals surface area contributed by atoms with E-state index >= 15 is 0 Å². The summed E-state index contributed by atoms with van der Waals surface area (Å²) in [5.74, 6) is 1.13. The Balaban J connectivity index is 1.91. The highest BCUT2D eigenvalue weighted by Gasteiger charge is 2.59. The first-order valence-corrected chi connectivity index (χ1v) is 7.60. The lowest BCUT2D eigenvalue weighted by Crippen LogP contribution is -2.43. The summed E-state index contributed by atoms with van der Waals surface area (Å²) in [4.78, 5) is 14.6. The van der Waals surface area contributed by atoms with E-state index in [0.29, 0.717) is 11.9 Å². The predicted octanol–water partition coefficient (Wildman–Crippen LogP) is 2.90. The van der Waals surface area contributed by atoms with Gasteiger partial charge >= 0.3 is 0 Å². The van der Waals surface area contributed by atoms with Gasteiger partial charge in [0.15, 0.2) is 0 Å². The molecule has 1 aliphatic heterocycles. The van der Waals surface area contributed by atoms with Crippen LogP contribution in [0, 0.1) is 5.92 Å². The Morgan fingerprint density at radius 1 is 1.33 bits per heavy atom. The average Bonchev–Trinajstić information content (AvgIpc) is 3.02. The predicted molar refractivity (Wildman–Crippen MR) is 74.2 cm³/mol. The lowest BCUT2D eigenvalue weighted by molar-refractivity contribution is -0.132. The number of carbonyl (C=O) groups is 1. The Kier molecular flexibility index (Phi) is 4.00. The maximum absolute atomic E-state index is 12.5. The Labute approximate surface area is 111 Å². The molecule has 2 fully saturated rings. The van der Waals surface area contributed by atoms with Gasteiger partial charge in [-0.25, -0.2) is 0 Å². The zero-order chi connectivity index (χ0) is 13.3. The topological polar surface area (TPSA) is 32.3 Å². The quantitative estimate of drug-likeness (QED) is 0.788. The fourth-order valence-corrected chi connectivity index (χ4v) is 3.09. The van der Waals surface area contributed by atoms with Crippen molar-refractivity contribution < 1.29 is 4.79 Å². The Morgan fingerprint density at radius 3 is 2.50 bits per heavy atom. The van der Waals surface area contributed by atoms with Gasteiger partial charge in [-0.2, -0.15) is 0 Å². The van der Waals surface area contributed by atoms with E-state index in [9.17, 15) is 4.79 Å². The molecule has 3 heteroatoms. The smallest absolute Gasteiger partial charge is 0.244 e. The molecule has 2 unspecified atom stereocenters. The molecule has 1 N–H and O–H groups in total. The average molecular weight is 252 g/mol. The molecule has 3 nitrogen and oxygen atoms in total. The van der Waals surface area contributed by atoms with E-state index in [0.717, 1.165) is 31.6 Å². The summed E-state index contributed by atoms with van der Waals surface area (Å²) in [6.07, 6.45) is 7.00. The van der Waals surface area contributed by atoms with E-state index in [1.165, 1.54) is 12.8 Å². The SMILES string of the molecule is CCC1NC2(CC2)C(=O)N1C(C)CCCC(C)C. The maximum Gasteiger partial charge on any atom is 0.244 e. The number of hydrogen-bond donors (Lipinski definition) is 1. The van der Waals surface area contributed by atoms with Gasteiger partial charge in [-0.05, 0) is 38.5 Å². The van der Waals surface area contributed by atoms with E-state index in [2.05, 4.69) is 37.9 Å². The van der Waals surface area contributed by atoms with Gasteiger partial charge in [-0.15, -0.1) is 0 Å². The van der Waals surface area contributed by atoms with Gasteiger partial charge in [-0.3, -0.25) is 10.1 Å². The van der Waals surface area contributed by atoms with Crippen LogP contribution in [0.15, 0.2) is 0 Å². The fraction of sp³-hybridized carbons (Fsp3) is 0.933. The normalized spacial score (nSPS) is 27.3. The summed E-state index contributed by atoms with van der Waals surface area (Å²) < 4.78 is 0. The molecule has 1 saturated carbocycles. The number of carbonyl (C=O) groups excluding carboxylic acids is 1. The van der Waals surface area contributed by atoms with Crippen molar-refractivity contribution in [2.45, 2.75) is 84.0 Å². The third kappa shape index (κ3) is 2.56. The molecule has 0 bridgehead atoms. The van der Waals surface area contributed by atoms with Crippen LogP contribution in [0.1, 0.15) is 66.2 Å². The van der Waals surface area contributed by atoms with Crippen molar-refractivity contribution in [1.82, 2.24) is 10.2 Å². The van der Waals surface area contributed by atoms with Crippen LogP contribution in [-0.2, 0) is 4.79 Å². The summed E-state index contributed by atoms with van der Waals surface area (Å²) in [6.45, 7) is 8.91. The van der Waals surface area contributed by atoms with Crippen molar-refractivity contribution in [2.24, 2.45) is 5.92 Å². The van der Waals surface area contributed by atoms with Gasteiger partial charge in [0.05, 0.1) is 11.7 Å². The largest absolute Gasteiger partial charge is 0.323 e. The molecular formula is C15H28N2O. The van der Waals surface area contributed by atoms with Gasteiger partial charge in [0.2, 0.25) is 5.91 Å². The number of hydrogen-bond acceptors (Lipinski definition) is 2. The van der Waals surface area contributed by atoms with Crippen LogP contribution in [0.3, 0.4) is 0 Å². The molecule has 1 spiro atoms. The first-order chi connectivity index (χ1) is 8.50. The summed E-state index contributed by atoms with van der Waals surface area (Å²) in [5.41, 5.74) is -0.146. The minimum absolute atomic E-state index is 0.146. The van der Waals surface area contributed by atoms with Crippen LogP contribution in [0.2, 0.25) is 0 Å². The Bertz CT molecular complexity index is 310. The van der Waals surface area contributed by atoms with Crippen molar-refractivity contribution >= 4 is 5.91 Å². The monoisotopic (exact) mass is 252 g/mol. The number of rotatable bonds is 6. The van der Waals surface area contributed by atoms with Crippen molar-refractivity contribution in [3.05, 3.63) is 0 Å². The molecular weight excluding hydrogens is 224 g/mol. The zero-order valence-electron chi connectivity index (χ0n) is 12.3. The lowest BCUT2D eigenvalue weighted by Gasteiger charge is -2.30. The third-order valence-corrected chi connectivity index (χ3v) is 4.44. The summed E-state index contributed by atoms with van der Waals surface area (Å²) in [5, 5.41) is 3.55. The molecule has 104 valence electrons. The number of nitrogens with zero attached hydrogens (tertiary/aromatic N) is 1. The zero-order valence-corrected chi connectivity index (χ0v) is 12.3. The second-order valence-electron chi connectivity index (χ2n) is 6.54. The van der Waals surface area contributed by atoms with Crippen LogP contribution in [0.5, 0.6) is 0 Å². The fourth-order valence-electron chi connectivity index (χ4n) is 3.09. The van der Waals surface area contributed by atoms with Gasteiger partial charge < -0.3 is 4.90 Å². The maximum atomic E-state index is 12.5. The molecule has 1 heterocycles. The molecule has 18 heavy (non-hydrogen) atoms. The highest BCUT2D eigenvalue weighted by atomic mass is 16.2. The second kappa shape index (κ2) is 5.20. The van der Waals surface area contributed by atoms with E-state index in [4.69, 9.17) is 0 Å². The van der Waals surface area contributed by atoms with Gasteiger partial charge in [-0.1, -0.05) is 33.6 Å². The van der Waals surface area contributed by atoms with Crippen LogP contribution in [-0.4, -0.2) is 28.6 Å². The van der Waals surface area contributed by atoms with E-state index in [1.807, 2.05) is 0 Å². The molecule has 2 aliphatic rings. The molecule has 1 amide bonds. The summed E-state index contributed by atoms with van der Waals surface area (Å²) >= 11 is 0. The molecule has 0 aromatic carbocycles. The van der Waals surface area contributed by atoms with Crippen molar-refractivity contribution in [1.29, 1.82) is 0 Å². The van der Waals surface area contributed by atoms with Crippen molar-refractivity contribution in [2.75, 3.05) is 0 Å². The molecule has 2 rings (SSSR count). The second-order valence-corrected chi connectivity index (χ2v) is 6.54. The molecule has 0 radical (unpaired) electrons. The first-order valence-electron chi connectivity index (χ1n) is 7.60. The summed E-state index contributed by atoms with van der Waals surface area (Å²) in [7, 11) is 0. The number of amides is 1. The van der Waals surface area contributed by atoms with E-state index in [-0.39, 0.29) is 11.7 Å². The molecule has 1 saturated heterocycles. The lowest BCUT2D eigenvalue weighted by atomic mass is 10.0.